The Morgan fingerprint density at radius 2 is 1.89 bits per heavy atom. The van der Waals surface area contributed by atoms with Crippen LogP contribution in [0.15, 0.2) is 29.3 Å². The van der Waals surface area contributed by atoms with Gasteiger partial charge in [0.2, 0.25) is 0 Å². The molecule has 3 aromatic rings. The van der Waals surface area contributed by atoms with Gasteiger partial charge in [-0.1, -0.05) is 20.8 Å². The quantitative estimate of drug-likeness (QED) is 0.579. The smallest absolute Gasteiger partial charge is 0.264 e. The Morgan fingerprint density at radius 1 is 1.18 bits per heavy atom. The van der Waals surface area contributed by atoms with Crippen molar-refractivity contribution in [3.8, 4) is 5.75 Å². The van der Waals surface area contributed by atoms with Crippen LogP contribution in [0.4, 0.5) is 18.9 Å². The second-order valence-corrected chi connectivity index (χ2v) is 9.86. The molecule has 1 aromatic carbocycles. The lowest BCUT2D eigenvalue weighted by Gasteiger charge is -2.15. The van der Waals surface area contributed by atoms with Crippen molar-refractivity contribution in [3.05, 3.63) is 40.9 Å². The lowest BCUT2D eigenvalue weighted by molar-refractivity contribution is 0.261. The first-order chi connectivity index (χ1) is 13.0. The highest BCUT2D eigenvalue weighted by Crippen LogP contribution is 2.37. The van der Waals surface area contributed by atoms with Crippen molar-refractivity contribution in [2.75, 3.05) is 18.0 Å². The van der Waals surface area contributed by atoms with Gasteiger partial charge in [0.1, 0.15) is 23.0 Å². The van der Waals surface area contributed by atoms with Crippen molar-refractivity contribution in [3.63, 3.8) is 0 Å². The van der Waals surface area contributed by atoms with Crippen molar-refractivity contribution >= 4 is 37.3 Å². The second-order valence-electron chi connectivity index (χ2n) is 7.16. The minimum Gasteiger partial charge on any atom is -0.488 e. The van der Waals surface area contributed by atoms with E-state index in [2.05, 4.69) is 9.71 Å². The summed E-state index contributed by atoms with van der Waals surface area (Å²) in [6.07, 6.45) is 1.31. The summed E-state index contributed by atoms with van der Waals surface area (Å²) in [5.41, 5.74) is -0.727. The fourth-order valence-corrected chi connectivity index (χ4v) is 4.93. The molecule has 0 atom stereocenters. The van der Waals surface area contributed by atoms with Crippen molar-refractivity contribution in [2.24, 2.45) is 0 Å². The molecular weight excluding hydrogens is 413 g/mol. The van der Waals surface area contributed by atoms with Crippen LogP contribution >= 0.6 is 11.3 Å². The molecule has 0 saturated heterocycles. The van der Waals surface area contributed by atoms with Gasteiger partial charge in [-0.25, -0.2) is 21.6 Å². The summed E-state index contributed by atoms with van der Waals surface area (Å²) in [5.74, 6) is -2.53. The van der Waals surface area contributed by atoms with Gasteiger partial charge in [-0.3, -0.25) is 4.72 Å². The molecule has 0 aliphatic carbocycles. The number of H-pyrrole nitrogens is 1. The van der Waals surface area contributed by atoms with Gasteiger partial charge in [-0.2, -0.15) is 0 Å². The molecule has 2 N–H and O–H groups in total. The zero-order valence-electron chi connectivity index (χ0n) is 15.4. The van der Waals surface area contributed by atoms with E-state index in [1.165, 1.54) is 17.5 Å². The fraction of sp³-hybridized carbons (Fsp3) is 0.333. The molecule has 0 spiro atoms. The first-order valence-electron chi connectivity index (χ1n) is 8.35. The predicted molar refractivity (Wildman–Crippen MR) is 104 cm³/mol. The lowest BCUT2D eigenvalue weighted by atomic mass is 9.94. The highest BCUT2D eigenvalue weighted by Gasteiger charge is 2.25. The molecule has 3 rings (SSSR count). The number of thiophene rings is 1. The molecule has 0 amide bonds. The topological polar surface area (TPSA) is 71.2 Å². The van der Waals surface area contributed by atoms with E-state index >= 15 is 0 Å². The molecule has 0 aliphatic heterocycles. The third-order valence-corrected chi connectivity index (χ3v) is 6.86. The number of hydrogen-bond donors (Lipinski definition) is 2. The van der Waals surface area contributed by atoms with E-state index in [0.717, 1.165) is 4.88 Å². The van der Waals surface area contributed by atoms with Crippen molar-refractivity contribution in [1.82, 2.24) is 4.98 Å². The molecule has 2 heterocycles. The lowest BCUT2D eigenvalue weighted by Crippen LogP contribution is -2.14. The minimum absolute atomic E-state index is 0.0631. The first kappa shape index (κ1) is 20.5. The molecule has 0 aliphatic rings. The molecule has 0 saturated carbocycles. The zero-order chi connectivity index (χ0) is 20.7. The number of aromatic nitrogens is 1. The van der Waals surface area contributed by atoms with Crippen LogP contribution in [-0.2, 0) is 15.4 Å². The van der Waals surface area contributed by atoms with Crippen LogP contribution < -0.4 is 9.46 Å². The summed E-state index contributed by atoms with van der Waals surface area (Å²) in [6, 6.07) is 3.12. The van der Waals surface area contributed by atoms with Gasteiger partial charge in [-0.15, -0.1) is 11.3 Å². The zero-order valence-corrected chi connectivity index (χ0v) is 17.0. The standard InChI is InChI=1S/C18H19F3N2O3S2/c1-18(2,3)16-6-10-15(9-22-17(10)27-16)28(24,25)23-13-7-12(21)14(8-11(13)20)26-5-4-19/h6-9,22-23H,4-5H2,1-3H3. The number of sulfonamides is 1. The van der Waals surface area contributed by atoms with Crippen LogP contribution in [0.1, 0.15) is 25.6 Å². The molecule has 5 nitrogen and oxygen atoms in total. The summed E-state index contributed by atoms with van der Waals surface area (Å²) in [7, 11) is -4.18. The van der Waals surface area contributed by atoms with Gasteiger partial charge >= 0.3 is 0 Å². The maximum atomic E-state index is 14.2. The van der Waals surface area contributed by atoms with Gasteiger partial charge in [0.15, 0.2) is 17.4 Å². The molecule has 10 heteroatoms. The molecule has 0 fully saturated rings. The predicted octanol–water partition coefficient (Wildman–Crippen LogP) is 4.95. The van der Waals surface area contributed by atoms with Crippen molar-refractivity contribution < 1.29 is 26.3 Å². The maximum absolute atomic E-state index is 14.2. The van der Waals surface area contributed by atoms with Gasteiger partial charge in [0.25, 0.3) is 10.0 Å². The van der Waals surface area contributed by atoms with Gasteiger partial charge < -0.3 is 9.72 Å². The Kier molecular flexibility index (Phi) is 5.37. The number of anilines is 1. The first-order valence-corrected chi connectivity index (χ1v) is 10.6. The summed E-state index contributed by atoms with van der Waals surface area (Å²) in [4.78, 5) is 4.50. The van der Waals surface area contributed by atoms with E-state index in [1.54, 1.807) is 6.07 Å². The van der Waals surface area contributed by atoms with E-state index in [1.807, 2.05) is 20.8 Å². The summed E-state index contributed by atoms with van der Waals surface area (Å²) < 4.78 is 72.7. The normalized spacial score (nSPS) is 12.5. The number of rotatable bonds is 6. The summed E-state index contributed by atoms with van der Waals surface area (Å²) in [6.45, 7) is 4.73. The summed E-state index contributed by atoms with van der Waals surface area (Å²) >= 11 is 1.43. The van der Waals surface area contributed by atoms with Crippen LogP contribution in [0.5, 0.6) is 5.75 Å². The number of hydrogen-bond acceptors (Lipinski definition) is 4. The largest absolute Gasteiger partial charge is 0.488 e. The Hall–Kier alpha value is -2.20. The molecule has 28 heavy (non-hydrogen) atoms. The molecule has 152 valence electrons. The molecule has 0 unspecified atom stereocenters. The molecule has 0 radical (unpaired) electrons. The van der Waals surface area contributed by atoms with E-state index in [-0.39, 0.29) is 10.3 Å². The highest BCUT2D eigenvalue weighted by molar-refractivity contribution is 7.93. The number of benzene rings is 1. The van der Waals surface area contributed by atoms with Gasteiger partial charge in [0.05, 0.1) is 5.69 Å². The van der Waals surface area contributed by atoms with E-state index < -0.39 is 46.4 Å². The number of fused-ring (bicyclic) bond motifs is 1. The Morgan fingerprint density at radius 3 is 2.54 bits per heavy atom. The maximum Gasteiger partial charge on any atom is 0.264 e. The Balaban J connectivity index is 1.95. The van der Waals surface area contributed by atoms with E-state index in [9.17, 15) is 21.6 Å². The number of nitrogens with one attached hydrogen (secondary N) is 2. The van der Waals surface area contributed by atoms with Gasteiger partial charge in [-0.05, 0) is 11.5 Å². The SMILES string of the molecule is CC(C)(C)c1cc2c(S(=O)(=O)Nc3cc(F)c(OCCF)cc3F)c[nH]c2s1. The average molecular weight is 432 g/mol. The number of aromatic amines is 1. The number of alkyl halides is 1. The van der Waals surface area contributed by atoms with Gasteiger partial charge in [0, 0.05) is 28.6 Å². The van der Waals surface area contributed by atoms with Crippen LogP contribution in [0, 0.1) is 11.6 Å². The third-order valence-electron chi connectivity index (χ3n) is 3.96. The minimum atomic E-state index is -4.18. The molecule has 0 bridgehead atoms. The second kappa shape index (κ2) is 7.32. The van der Waals surface area contributed by atoms with Crippen LogP contribution in [0.2, 0.25) is 0 Å². The molecule has 2 aromatic heterocycles. The molecular formula is C18H19F3N2O3S2. The highest BCUT2D eigenvalue weighted by atomic mass is 32.2. The van der Waals surface area contributed by atoms with Crippen molar-refractivity contribution in [1.29, 1.82) is 0 Å². The van der Waals surface area contributed by atoms with Crippen LogP contribution in [0.3, 0.4) is 0 Å². The average Bonchev–Trinajstić information content (AvgIpc) is 3.16. The Bertz CT molecular complexity index is 1120. The van der Waals surface area contributed by atoms with Crippen LogP contribution in [-0.4, -0.2) is 26.7 Å². The number of ether oxygens (including phenoxy) is 1. The summed E-state index contributed by atoms with van der Waals surface area (Å²) in [5, 5.41) is 0.478. The van der Waals surface area contributed by atoms with Crippen LogP contribution in [0.25, 0.3) is 10.2 Å². The third kappa shape index (κ3) is 3.97. The van der Waals surface area contributed by atoms with Crippen molar-refractivity contribution in [2.45, 2.75) is 31.1 Å². The fourth-order valence-electron chi connectivity index (χ4n) is 2.55. The Labute approximate surface area is 164 Å². The van der Waals surface area contributed by atoms with E-state index in [0.29, 0.717) is 22.3 Å². The van der Waals surface area contributed by atoms with E-state index in [4.69, 9.17) is 4.74 Å². The number of halogens is 3. The monoisotopic (exact) mass is 432 g/mol.